The highest BCUT2D eigenvalue weighted by Gasteiger charge is 2.45. The van der Waals surface area contributed by atoms with Crippen molar-refractivity contribution in [3.05, 3.63) is 0 Å². The van der Waals surface area contributed by atoms with Crippen LogP contribution in [0.1, 0.15) is 38.5 Å². The summed E-state index contributed by atoms with van der Waals surface area (Å²) in [6.45, 7) is 2.04. The van der Waals surface area contributed by atoms with E-state index in [0.29, 0.717) is 19.6 Å². The molecule has 1 aliphatic carbocycles. The Labute approximate surface area is 108 Å². The van der Waals surface area contributed by atoms with Gasteiger partial charge in [0, 0.05) is 13.2 Å². The fourth-order valence-corrected chi connectivity index (χ4v) is 3.00. The van der Waals surface area contributed by atoms with Crippen LogP contribution >= 0.6 is 0 Å². The number of carbonyl (C=O) groups is 1. The first-order chi connectivity index (χ1) is 8.63. The third kappa shape index (κ3) is 3.02. The Bertz CT molecular complexity index is 291. The SMILES string of the molecule is NC1(C(=O)O)CCCC1CCOCC1CCCO1. The molecule has 5 heteroatoms. The molecule has 2 aliphatic rings. The number of nitrogens with two attached hydrogens (primary N) is 1. The van der Waals surface area contributed by atoms with Gasteiger partial charge in [-0.2, -0.15) is 0 Å². The maximum Gasteiger partial charge on any atom is 0.323 e. The maximum absolute atomic E-state index is 11.2. The van der Waals surface area contributed by atoms with Crippen molar-refractivity contribution < 1.29 is 19.4 Å². The van der Waals surface area contributed by atoms with Crippen LogP contribution in [0.4, 0.5) is 0 Å². The Kier molecular flexibility index (Phi) is 4.59. The minimum absolute atomic E-state index is 0.0412. The van der Waals surface area contributed by atoms with Crippen LogP contribution in [0.15, 0.2) is 0 Å². The van der Waals surface area contributed by atoms with Crippen molar-refractivity contribution in [2.75, 3.05) is 19.8 Å². The smallest absolute Gasteiger partial charge is 0.323 e. The highest BCUT2D eigenvalue weighted by Crippen LogP contribution is 2.36. The van der Waals surface area contributed by atoms with Crippen LogP contribution in [-0.4, -0.2) is 42.5 Å². The van der Waals surface area contributed by atoms with Gasteiger partial charge in [-0.15, -0.1) is 0 Å². The fourth-order valence-electron chi connectivity index (χ4n) is 3.00. The Balaban J connectivity index is 1.67. The summed E-state index contributed by atoms with van der Waals surface area (Å²) in [7, 11) is 0. The number of hydrogen-bond acceptors (Lipinski definition) is 4. The van der Waals surface area contributed by atoms with Gasteiger partial charge in [0.1, 0.15) is 5.54 Å². The fraction of sp³-hybridized carbons (Fsp3) is 0.923. The van der Waals surface area contributed by atoms with E-state index in [1.54, 1.807) is 0 Å². The van der Waals surface area contributed by atoms with Crippen LogP contribution < -0.4 is 5.73 Å². The van der Waals surface area contributed by atoms with Gasteiger partial charge in [0.25, 0.3) is 0 Å². The summed E-state index contributed by atoms with van der Waals surface area (Å²) in [6.07, 6.45) is 5.52. The van der Waals surface area contributed by atoms with E-state index in [9.17, 15) is 9.90 Å². The maximum atomic E-state index is 11.2. The van der Waals surface area contributed by atoms with Gasteiger partial charge < -0.3 is 20.3 Å². The van der Waals surface area contributed by atoms with Crippen LogP contribution in [0.3, 0.4) is 0 Å². The van der Waals surface area contributed by atoms with Crippen molar-refractivity contribution in [2.24, 2.45) is 11.7 Å². The van der Waals surface area contributed by atoms with Gasteiger partial charge >= 0.3 is 5.97 Å². The number of aliphatic carboxylic acids is 1. The van der Waals surface area contributed by atoms with Crippen LogP contribution in [0.5, 0.6) is 0 Å². The average molecular weight is 257 g/mol. The largest absolute Gasteiger partial charge is 0.480 e. The highest BCUT2D eigenvalue weighted by molar-refractivity contribution is 5.79. The van der Waals surface area contributed by atoms with E-state index in [1.807, 2.05) is 0 Å². The lowest BCUT2D eigenvalue weighted by Crippen LogP contribution is -2.51. The summed E-state index contributed by atoms with van der Waals surface area (Å²) < 4.78 is 11.0. The molecule has 0 aromatic rings. The lowest BCUT2D eigenvalue weighted by Gasteiger charge is -2.26. The Morgan fingerprint density at radius 1 is 1.44 bits per heavy atom. The Hall–Kier alpha value is -0.650. The van der Waals surface area contributed by atoms with Crippen molar-refractivity contribution in [3.63, 3.8) is 0 Å². The van der Waals surface area contributed by atoms with Crippen LogP contribution in [-0.2, 0) is 14.3 Å². The minimum atomic E-state index is -1.03. The summed E-state index contributed by atoms with van der Waals surface area (Å²) in [5.74, 6) is -0.830. The summed E-state index contributed by atoms with van der Waals surface area (Å²) in [5, 5.41) is 9.19. The van der Waals surface area contributed by atoms with E-state index >= 15 is 0 Å². The molecule has 1 aliphatic heterocycles. The number of ether oxygens (including phenoxy) is 2. The topological polar surface area (TPSA) is 81.8 Å². The second-order valence-electron chi connectivity index (χ2n) is 5.43. The molecule has 0 spiro atoms. The predicted octanol–water partition coefficient (Wildman–Crippen LogP) is 1.15. The molecule has 1 saturated carbocycles. The first-order valence-electron chi connectivity index (χ1n) is 6.84. The third-order valence-electron chi connectivity index (χ3n) is 4.21. The molecular weight excluding hydrogens is 234 g/mol. The van der Waals surface area contributed by atoms with Crippen LogP contribution in [0.25, 0.3) is 0 Å². The van der Waals surface area contributed by atoms with Gasteiger partial charge in [-0.05, 0) is 38.0 Å². The molecule has 0 radical (unpaired) electrons. The van der Waals surface area contributed by atoms with Gasteiger partial charge in [-0.25, -0.2) is 0 Å². The second-order valence-corrected chi connectivity index (χ2v) is 5.43. The van der Waals surface area contributed by atoms with Gasteiger partial charge in [0.2, 0.25) is 0 Å². The molecule has 3 atom stereocenters. The number of carboxylic acids is 1. The van der Waals surface area contributed by atoms with Gasteiger partial charge in [0.05, 0.1) is 12.7 Å². The molecule has 104 valence electrons. The molecule has 0 aromatic heterocycles. The molecule has 0 amide bonds. The molecule has 18 heavy (non-hydrogen) atoms. The van der Waals surface area contributed by atoms with Crippen molar-refractivity contribution in [1.29, 1.82) is 0 Å². The van der Waals surface area contributed by atoms with Crippen molar-refractivity contribution in [1.82, 2.24) is 0 Å². The average Bonchev–Trinajstić information content (AvgIpc) is 2.95. The monoisotopic (exact) mass is 257 g/mol. The molecule has 1 heterocycles. The molecule has 5 nitrogen and oxygen atoms in total. The second kappa shape index (κ2) is 5.99. The van der Waals surface area contributed by atoms with E-state index < -0.39 is 11.5 Å². The molecular formula is C13H23NO4. The first kappa shape index (κ1) is 13.8. The van der Waals surface area contributed by atoms with E-state index in [2.05, 4.69) is 0 Å². The normalized spacial score (nSPS) is 36.1. The molecule has 0 aromatic carbocycles. The zero-order chi connectivity index (χ0) is 13.0. The van der Waals surface area contributed by atoms with Crippen molar-refractivity contribution in [3.8, 4) is 0 Å². The van der Waals surface area contributed by atoms with Crippen LogP contribution in [0, 0.1) is 5.92 Å². The highest BCUT2D eigenvalue weighted by atomic mass is 16.5. The van der Waals surface area contributed by atoms with Crippen molar-refractivity contribution >= 4 is 5.97 Å². The zero-order valence-corrected chi connectivity index (χ0v) is 10.8. The summed E-state index contributed by atoms with van der Waals surface area (Å²) >= 11 is 0. The molecule has 2 rings (SSSR count). The summed E-state index contributed by atoms with van der Waals surface area (Å²) in [4.78, 5) is 11.2. The number of hydrogen-bond donors (Lipinski definition) is 2. The molecule has 0 bridgehead atoms. The molecule has 1 saturated heterocycles. The Morgan fingerprint density at radius 2 is 2.28 bits per heavy atom. The van der Waals surface area contributed by atoms with E-state index in [0.717, 1.165) is 38.7 Å². The quantitative estimate of drug-likeness (QED) is 0.698. The molecule has 3 N–H and O–H groups in total. The van der Waals surface area contributed by atoms with Gasteiger partial charge in [-0.3, -0.25) is 4.79 Å². The number of carboxylic acid groups (broad SMARTS) is 1. The van der Waals surface area contributed by atoms with Gasteiger partial charge in [-0.1, -0.05) is 6.42 Å². The van der Waals surface area contributed by atoms with Crippen molar-refractivity contribution in [2.45, 2.75) is 50.2 Å². The molecule has 2 fully saturated rings. The summed E-state index contributed by atoms with van der Waals surface area (Å²) in [5.41, 5.74) is 4.94. The Morgan fingerprint density at radius 3 is 2.94 bits per heavy atom. The first-order valence-corrected chi connectivity index (χ1v) is 6.84. The zero-order valence-electron chi connectivity index (χ0n) is 10.8. The third-order valence-corrected chi connectivity index (χ3v) is 4.21. The van der Waals surface area contributed by atoms with E-state index in [-0.39, 0.29) is 12.0 Å². The number of rotatable bonds is 6. The molecule has 3 unspecified atom stereocenters. The minimum Gasteiger partial charge on any atom is -0.480 e. The van der Waals surface area contributed by atoms with Gasteiger partial charge in [0.15, 0.2) is 0 Å². The predicted molar refractivity (Wildman–Crippen MR) is 66.3 cm³/mol. The standard InChI is InChI=1S/C13H23NO4/c14-13(12(15)16)6-1-3-10(13)5-8-17-9-11-4-2-7-18-11/h10-11H,1-9,14H2,(H,15,16). The summed E-state index contributed by atoms with van der Waals surface area (Å²) in [6, 6.07) is 0. The van der Waals surface area contributed by atoms with E-state index in [4.69, 9.17) is 15.2 Å². The van der Waals surface area contributed by atoms with E-state index in [1.165, 1.54) is 0 Å². The lowest BCUT2D eigenvalue weighted by atomic mass is 9.86. The van der Waals surface area contributed by atoms with Crippen LogP contribution in [0.2, 0.25) is 0 Å². The lowest BCUT2D eigenvalue weighted by molar-refractivity contribution is -0.145.